The SMILES string of the molecule is CCN(CC)c1ccc(Nc2ccnc(N(CC)Cc3ccccc3)n2)c(C)c1. The van der Waals surface area contributed by atoms with Crippen molar-refractivity contribution >= 4 is 23.1 Å². The molecule has 0 unspecified atom stereocenters. The Kier molecular flexibility index (Phi) is 7.06. The first-order valence-electron chi connectivity index (χ1n) is 10.4. The van der Waals surface area contributed by atoms with Crippen LogP contribution in [-0.4, -0.2) is 29.6 Å². The van der Waals surface area contributed by atoms with E-state index in [0.29, 0.717) is 0 Å². The fourth-order valence-corrected chi connectivity index (χ4v) is 3.41. The molecule has 0 aliphatic rings. The molecule has 0 fully saturated rings. The van der Waals surface area contributed by atoms with Gasteiger partial charge in [0.1, 0.15) is 5.82 Å². The van der Waals surface area contributed by atoms with E-state index in [2.05, 4.69) is 90.3 Å². The molecular formula is C24H31N5. The zero-order valence-corrected chi connectivity index (χ0v) is 17.9. The summed E-state index contributed by atoms with van der Waals surface area (Å²) in [6.07, 6.45) is 1.82. The monoisotopic (exact) mass is 389 g/mol. The molecule has 0 aliphatic heterocycles. The maximum atomic E-state index is 4.76. The van der Waals surface area contributed by atoms with E-state index >= 15 is 0 Å². The highest BCUT2D eigenvalue weighted by Crippen LogP contribution is 2.25. The van der Waals surface area contributed by atoms with Crippen LogP contribution in [0.2, 0.25) is 0 Å². The summed E-state index contributed by atoms with van der Waals surface area (Å²) in [5.41, 5.74) is 4.77. The minimum absolute atomic E-state index is 0.735. The fraction of sp³-hybridized carbons (Fsp3) is 0.333. The molecule has 0 spiro atoms. The van der Waals surface area contributed by atoms with Gasteiger partial charge in [-0.15, -0.1) is 0 Å². The molecule has 29 heavy (non-hydrogen) atoms. The van der Waals surface area contributed by atoms with Crippen molar-refractivity contribution in [1.29, 1.82) is 0 Å². The average Bonchev–Trinajstić information content (AvgIpc) is 2.75. The molecule has 5 nitrogen and oxygen atoms in total. The van der Waals surface area contributed by atoms with E-state index in [1.165, 1.54) is 16.8 Å². The maximum absolute atomic E-state index is 4.76. The molecule has 0 bridgehead atoms. The summed E-state index contributed by atoms with van der Waals surface area (Å²) < 4.78 is 0. The molecule has 0 atom stereocenters. The Hall–Kier alpha value is -3.08. The predicted octanol–water partition coefficient (Wildman–Crippen LogP) is 5.40. The lowest BCUT2D eigenvalue weighted by Crippen LogP contribution is -2.24. The molecule has 3 aromatic rings. The Morgan fingerprint density at radius 3 is 2.24 bits per heavy atom. The molecule has 0 saturated heterocycles. The first-order valence-corrected chi connectivity index (χ1v) is 10.4. The second-order valence-corrected chi connectivity index (χ2v) is 7.04. The van der Waals surface area contributed by atoms with Crippen LogP contribution in [0.3, 0.4) is 0 Å². The van der Waals surface area contributed by atoms with Crippen LogP contribution in [0.1, 0.15) is 31.9 Å². The summed E-state index contributed by atoms with van der Waals surface area (Å²) in [6.45, 7) is 12.3. The molecule has 152 valence electrons. The summed E-state index contributed by atoms with van der Waals surface area (Å²) in [4.78, 5) is 13.8. The van der Waals surface area contributed by atoms with Crippen LogP contribution in [-0.2, 0) is 6.54 Å². The van der Waals surface area contributed by atoms with Crippen LogP contribution < -0.4 is 15.1 Å². The zero-order valence-electron chi connectivity index (χ0n) is 17.9. The summed E-state index contributed by atoms with van der Waals surface area (Å²) in [5, 5.41) is 3.46. The van der Waals surface area contributed by atoms with Crippen molar-refractivity contribution in [2.75, 3.05) is 34.8 Å². The second kappa shape index (κ2) is 9.92. The van der Waals surface area contributed by atoms with Gasteiger partial charge in [0.25, 0.3) is 0 Å². The normalized spacial score (nSPS) is 10.6. The predicted molar refractivity (Wildman–Crippen MR) is 123 cm³/mol. The van der Waals surface area contributed by atoms with Crippen molar-refractivity contribution in [2.24, 2.45) is 0 Å². The van der Waals surface area contributed by atoms with Crippen LogP contribution in [0, 0.1) is 6.92 Å². The number of anilines is 4. The van der Waals surface area contributed by atoms with Gasteiger partial charge < -0.3 is 15.1 Å². The number of aryl methyl sites for hydroxylation is 1. The van der Waals surface area contributed by atoms with Crippen LogP contribution in [0.5, 0.6) is 0 Å². The van der Waals surface area contributed by atoms with Crippen molar-refractivity contribution in [3.05, 3.63) is 71.9 Å². The number of nitrogens with zero attached hydrogens (tertiary/aromatic N) is 4. The Bertz CT molecular complexity index is 906. The number of aromatic nitrogens is 2. The van der Waals surface area contributed by atoms with E-state index in [-0.39, 0.29) is 0 Å². The van der Waals surface area contributed by atoms with Gasteiger partial charge in [-0.3, -0.25) is 0 Å². The third kappa shape index (κ3) is 5.25. The van der Waals surface area contributed by atoms with Crippen LogP contribution in [0.25, 0.3) is 0 Å². The van der Waals surface area contributed by atoms with Gasteiger partial charge in [-0.2, -0.15) is 4.98 Å². The topological polar surface area (TPSA) is 44.3 Å². The number of benzene rings is 2. The first kappa shape index (κ1) is 20.6. The molecule has 0 aliphatic carbocycles. The van der Waals surface area contributed by atoms with Gasteiger partial charge in [0.05, 0.1) is 0 Å². The molecule has 0 amide bonds. The number of rotatable bonds is 9. The Balaban J connectivity index is 1.77. The lowest BCUT2D eigenvalue weighted by atomic mass is 10.1. The Morgan fingerprint density at radius 2 is 1.59 bits per heavy atom. The van der Waals surface area contributed by atoms with Crippen molar-refractivity contribution < 1.29 is 0 Å². The molecule has 0 radical (unpaired) electrons. The van der Waals surface area contributed by atoms with Gasteiger partial charge in [0.2, 0.25) is 5.95 Å². The minimum atomic E-state index is 0.735. The van der Waals surface area contributed by atoms with E-state index in [4.69, 9.17) is 4.98 Å². The number of hydrogen-bond acceptors (Lipinski definition) is 5. The summed E-state index contributed by atoms with van der Waals surface area (Å²) in [5.74, 6) is 1.54. The summed E-state index contributed by atoms with van der Waals surface area (Å²) in [7, 11) is 0. The minimum Gasteiger partial charge on any atom is -0.372 e. The summed E-state index contributed by atoms with van der Waals surface area (Å²) >= 11 is 0. The van der Waals surface area contributed by atoms with Gasteiger partial charge in [-0.1, -0.05) is 30.3 Å². The van der Waals surface area contributed by atoms with Crippen LogP contribution in [0.4, 0.5) is 23.1 Å². The highest BCUT2D eigenvalue weighted by atomic mass is 15.3. The fourth-order valence-electron chi connectivity index (χ4n) is 3.41. The van der Waals surface area contributed by atoms with Crippen molar-refractivity contribution in [2.45, 2.75) is 34.2 Å². The number of hydrogen-bond donors (Lipinski definition) is 1. The molecule has 1 heterocycles. The lowest BCUT2D eigenvalue weighted by Gasteiger charge is -2.23. The highest BCUT2D eigenvalue weighted by molar-refractivity contribution is 5.65. The smallest absolute Gasteiger partial charge is 0.227 e. The Morgan fingerprint density at radius 1 is 0.862 bits per heavy atom. The van der Waals surface area contributed by atoms with Gasteiger partial charge in [-0.05, 0) is 63.1 Å². The van der Waals surface area contributed by atoms with E-state index in [1.807, 2.05) is 18.3 Å². The highest BCUT2D eigenvalue weighted by Gasteiger charge is 2.10. The maximum Gasteiger partial charge on any atom is 0.227 e. The summed E-state index contributed by atoms with van der Waals surface area (Å²) in [6, 6.07) is 18.9. The lowest BCUT2D eigenvalue weighted by molar-refractivity contribution is 0.792. The number of nitrogens with one attached hydrogen (secondary N) is 1. The van der Waals surface area contributed by atoms with E-state index < -0.39 is 0 Å². The molecule has 1 N–H and O–H groups in total. The van der Waals surface area contributed by atoms with E-state index in [1.54, 1.807) is 0 Å². The molecular weight excluding hydrogens is 358 g/mol. The molecule has 5 heteroatoms. The van der Waals surface area contributed by atoms with Gasteiger partial charge in [-0.25, -0.2) is 4.98 Å². The van der Waals surface area contributed by atoms with Crippen molar-refractivity contribution in [1.82, 2.24) is 9.97 Å². The van der Waals surface area contributed by atoms with Gasteiger partial charge >= 0.3 is 0 Å². The van der Waals surface area contributed by atoms with Gasteiger partial charge in [0.15, 0.2) is 0 Å². The largest absolute Gasteiger partial charge is 0.372 e. The Labute approximate surface area is 174 Å². The standard InChI is InChI=1S/C24H31N5/c1-5-28(6-2)21-13-14-22(19(4)17-21)26-23-15-16-25-24(27-23)29(7-3)18-20-11-9-8-10-12-20/h8-17H,5-7,18H2,1-4H3,(H,25,26,27). The van der Waals surface area contributed by atoms with Gasteiger partial charge in [0, 0.05) is 43.8 Å². The second-order valence-electron chi connectivity index (χ2n) is 7.04. The van der Waals surface area contributed by atoms with Crippen LogP contribution >= 0.6 is 0 Å². The first-order chi connectivity index (χ1) is 14.1. The molecule has 2 aromatic carbocycles. The molecule has 3 rings (SSSR count). The average molecular weight is 390 g/mol. The van der Waals surface area contributed by atoms with E-state index in [9.17, 15) is 0 Å². The van der Waals surface area contributed by atoms with Crippen molar-refractivity contribution in [3.8, 4) is 0 Å². The zero-order chi connectivity index (χ0) is 20.6. The molecule has 0 saturated carbocycles. The van der Waals surface area contributed by atoms with Crippen molar-refractivity contribution in [3.63, 3.8) is 0 Å². The quantitative estimate of drug-likeness (QED) is 0.531. The molecule has 1 aromatic heterocycles. The third-order valence-corrected chi connectivity index (χ3v) is 5.13. The van der Waals surface area contributed by atoms with Crippen LogP contribution in [0.15, 0.2) is 60.8 Å². The third-order valence-electron chi connectivity index (χ3n) is 5.13. The van der Waals surface area contributed by atoms with E-state index in [0.717, 1.165) is 43.6 Å².